The van der Waals surface area contributed by atoms with Crippen molar-refractivity contribution in [2.45, 2.75) is 7.43 Å². The van der Waals surface area contributed by atoms with E-state index in [0.29, 0.717) is 28.0 Å². The summed E-state index contributed by atoms with van der Waals surface area (Å²) in [5.41, 5.74) is 0.0465. The van der Waals surface area contributed by atoms with Crippen LogP contribution in [0.15, 0.2) is 48.8 Å². The molecule has 0 atom stereocenters. The molecule has 2 aromatic heterocycles. The van der Waals surface area contributed by atoms with E-state index in [1.807, 2.05) is 0 Å². The molecule has 0 aliphatic carbocycles. The van der Waals surface area contributed by atoms with E-state index in [0.717, 1.165) is 4.52 Å². The minimum absolute atomic E-state index is 0. The Balaban J connectivity index is 0.00000272. The number of amides is 1. The van der Waals surface area contributed by atoms with Crippen LogP contribution in [-0.2, 0) is 4.79 Å². The van der Waals surface area contributed by atoms with Crippen molar-refractivity contribution in [3.63, 3.8) is 0 Å². The van der Waals surface area contributed by atoms with Crippen molar-refractivity contribution in [1.82, 2.24) is 19.9 Å². The second-order valence-corrected chi connectivity index (χ2v) is 6.23. The predicted octanol–water partition coefficient (Wildman–Crippen LogP) is 2.84. The average molecular weight is 424 g/mol. The summed E-state index contributed by atoms with van der Waals surface area (Å²) >= 11 is 0. The van der Waals surface area contributed by atoms with E-state index in [1.165, 1.54) is 6.33 Å². The summed E-state index contributed by atoms with van der Waals surface area (Å²) in [5.74, 6) is -0.782. The SMILES string of the molecule is C.COc1ccc(Oc2cccc3c(O)c(C(=O)NCC(=O)O)n4ncnc4c23)cc1. The largest absolute Gasteiger partial charge is 0.505 e. The second kappa shape index (κ2) is 8.57. The molecule has 2 aromatic carbocycles. The number of hydrogen-bond donors (Lipinski definition) is 3. The third kappa shape index (κ3) is 3.90. The zero-order valence-electron chi connectivity index (χ0n) is 15.7. The van der Waals surface area contributed by atoms with Crippen LogP contribution >= 0.6 is 0 Å². The van der Waals surface area contributed by atoms with Gasteiger partial charge >= 0.3 is 5.97 Å². The van der Waals surface area contributed by atoms with Crippen molar-refractivity contribution >= 4 is 28.3 Å². The van der Waals surface area contributed by atoms with E-state index in [2.05, 4.69) is 15.4 Å². The molecule has 3 N–H and O–H groups in total. The van der Waals surface area contributed by atoms with Crippen LogP contribution in [0.25, 0.3) is 16.4 Å². The maximum Gasteiger partial charge on any atom is 0.322 e. The molecule has 0 saturated heterocycles. The van der Waals surface area contributed by atoms with Gasteiger partial charge in [0.1, 0.15) is 30.1 Å². The van der Waals surface area contributed by atoms with Gasteiger partial charge in [0.25, 0.3) is 5.91 Å². The quantitative estimate of drug-likeness (QED) is 0.430. The Morgan fingerprint density at radius 2 is 1.84 bits per heavy atom. The Bertz CT molecular complexity index is 1270. The zero-order valence-corrected chi connectivity index (χ0v) is 15.7. The van der Waals surface area contributed by atoms with Gasteiger partial charge in [-0.15, -0.1) is 0 Å². The maximum atomic E-state index is 12.5. The zero-order chi connectivity index (χ0) is 21.3. The van der Waals surface area contributed by atoms with Crippen molar-refractivity contribution in [3.05, 3.63) is 54.5 Å². The first-order valence-corrected chi connectivity index (χ1v) is 8.79. The Morgan fingerprint density at radius 3 is 2.52 bits per heavy atom. The number of carbonyl (C=O) groups excluding carboxylic acids is 1. The summed E-state index contributed by atoms with van der Waals surface area (Å²) in [6, 6.07) is 11.9. The van der Waals surface area contributed by atoms with Crippen LogP contribution in [0.1, 0.15) is 17.9 Å². The van der Waals surface area contributed by atoms with Crippen LogP contribution in [0.3, 0.4) is 0 Å². The van der Waals surface area contributed by atoms with Gasteiger partial charge in [-0.05, 0) is 30.3 Å². The number of nitrogens with zero attached hydrogens (tertiary/aromatic N) is 3. The van der Waals surface area contributed by atoms with Crippen LogP contribution in [-0.4, -0.2) is 50.3 Å². The van der Waals surface area contributed by atoms with Gasteiger partial charge in [0.15, 0.2) is 17.1 Å². The van der Waals surface area contributed by atoms with Gasteiger partial charge in [0.05, 0.1) is 12.5 Å². The number of rotatable bonds is 6. The van der Waals surface area contributed by atoms with E-state index >= 15 is 0 Å². The highest BCUT2D eigenvalue weighted by Crippen LogP contribution is 2.38. The standard InChI is InChI=1S/C20H16N4O6.CH4/c1-29-11-5-7-12(8-6-11)30-14-4-2-3-13-16(14)19-22-10-23-24(19)17(18(13)27)20(28)21-9-15(25)26;/h2-8,10,27H,9H2,1H3,(H,21,28)(H,25,26);1H4. The molecule has 160 valence electrons. The minimum atomic E-state index is -1.21. The van der Waals surface area contributed by atoms with Gasteiger partial charge in [0, 0.05) is 5.39 Å². The number of fused-ring (bicyclic) bond motifs is 3. The Hall–Kier alpha value is -4.34. The molecule has 0 saturated carbocycles. The summed E-state index contributed by atoms with van der Waals surface area (Å²) < 4.78 is 12.3. The van der Waals surface area contributed by atoms with E-state index in [4.69, 9.17) is 14.6 Å². The number of benzene rings is 2. The van der Waals surface area contributed by atoms with Crippen LogP contribution in [0.5, 0.6) is 23.0 Å². The Kier molecular flexibility index (Phi) is 5.91. The Morgan fingerprint density at radius 1 is 1.13 bits per heavy atom. The predicted molar refractivity (Wildman–Crippen MR) is 112 cm³/mol. The lowest BCUT2D eigenvalue weighted by atomic mass is 10.1. The second-order valence-electron chi connectivity index (χ2n) is 6.23. The van der Waals surface area contributed by atoms with E-state index in [9.17, 15) is 14.7 Å². The molecular formula is C21H20N4O6. The molecule has 10 nitrogen and oxygen atoms in total. The fourth-order valence-corrected chi connectivity index (χ4v) is 3.06. The molecule has 2 heterocycles. The molecule has 0 aliphatic heterocycles. The van der Waals surface area contributed by atoms with E-state index in [1.54, 1.807) is 49.6 Å². The first kappa shape index (κ1) is 21.4. The number of pyridine rings is 1. The number of carboxylic acids is 1. The molecule has 10 heteroatoms. The number of aromatic nitrogens is 3. The molecule has 31 heavy (non-hydrogen) atoms. The third-order valence-electron chi connectivity index (χ3n) is 4.39. The summed E-state index contributed by atoms with van der Waals surface area (Å²) in [6.07, 6.45) is 1.23. The van der Waals surface area contributed by atoms with Crippen LogP contribution in [0, 0.1) is 0 Å². The first-order valence-electron chi connectivity index (χ1n) is 8.79. The first-order chi connectivity index (χ1) is 14.5. The van der Waals surface area contributed by atoms with Crippen molar-refractivity contribution in [2.75, 3.05) is 13.7 Å². The number of ether oxygens (including phenoxy) is 2. The van der Waals surface area contributed by atoms with Crippen molar-refractivity contribution in [2.24, 2.45) is 0 Å². The van der Waals surface area contributed by atoms with Gasteiger partial charge in [0.2, 0.25) is 0 Å². The number of carbonyl (C=O) groups is 2. The lowest BCUT2D eigenvalue weighted by Crippen LogP contribution is -2.31. The number of aliphatic carboxylic acids is 1. The molecule has 1 amide bonds. The number of nitrogens with one attached hydrogen (secondary N) is 1. The lowest BCUT2D eigenvalue weighted by molar-refractivity contribution is -0.135. The average Bonchev–Trinajstić information content (AvgIpc) is 3.22. The van der Waals surface area contributed by atoms with Gasteiger partial charge in [-0.2, -0.15) is 5.10 Å². The van der Waals surface area contributed by atoms with Crippen LogP contribution in [0.4, 0.5) is 0 Å². The highest BCUT2D eigenvalue weighted by Gasteiger charge is 2.24. The highest BCUT2D eigenvalue weighted by atomic mass is 16.5. The highest BCUT2D eigenvalue weighted by molar-refractivity contribution is 6.09. The van der Waals surface area contributed by atoms with Crippen LogP contribution in [0.2, 0.25) is 0 Å². The molecule has 4 aromatic rings. The van der Waals surface area contributed by atoms with Gasteiger partial charge < -0.3 is 25.0 Å². The third-order valence-corrected chi connectivity index (χ3v) is 4.39. The van der Waals surface area contributed by atoms with Gasteiger partial charge in [-0.3, -0.25) is 9.59 Å². The molecule has 0 fully saturated rings. The molecule has 0 radical (unpaired) electrons. The van der Waals surface area contributed by atoms with E-state index < -0.39 is 18.4 Å². The summed E-state index contributed by atoms with van der Waals surface area (Å²) in [6.45, 7) is -0.604. The van der Waals surface area contributed by atoms with Gasteiger partial charge in [-0.25, -0.2) is 9.50 Å². The lowest BCUT2D eigenvalue weighted by Gasteiger charge is -2.14. The van der Waals surface area contributed by atoms with Crippen molar-refractivity contribution in [1.29, 1.82) is 0 Å². The van der Waals surface area contributed by atoms with Crippen molar-refractivity contribution in [3.8, 4) is 23.0 Å². The van der Waals surface area contributed by atoms with Crippen molar-refractivity contribution < 1.29 is 29.3 Å². The van der Waals surface area contributed by atoms with Crippen LogP contribution < -0.4 is 14.8 Å². The summed E-state index contributed by atoms with van der Waals surface area (Å²) in [7, 11) is 1.57. The van der Waals surface area contributed by atoms with E-state index in [-0.39, 0.29) is 24.5 Å². The summed E-state index contributed by atoms with van der Waals surface area (Å²) in [5, 5.41) is 26.6. The monoisotopic (exact) mass is 424 g/mol. The summed E-state index contributed by atoms with van der Waals surface area (Å²) in [4.78, 5) is 27.5. The number of aromatic hydroxyl groups is 1. The van der Waals surface area contributed by atoms with Gasteiger partial charge in [-0.1, -0.05) is 19.6 Å². The molecular weight excluding hydrogens is 404 g/mol. The minimum Gasteiger partial charge on any atom is -0.505 e. The molecule has 0 unspecified atom stereocenters. The fourth-order valence-electron chi connectivity index (χ4n) is 3.06. The smallest absolute Gasteiger partial charge is 0.322 e. The molecule has 4 rings (SSSR count). The normalized spacial score (nSPS) is 10.5. The number of hydrogen-bond acceptors (Lipinski definition) is 7. The fraction of sp³-hybridized carbons (Fsp3) is 0.143. The topological polar surface area (TPSA) is 135 Å². The Labute approximate surface area is 176 Å². The number of carboxylic acid groups (broad SMARTS) is 1. The molecule has 0 aliphatic rings. The molecule has 0 bridgehead atoms. The number of methoxy groups -OCH3 is 1. The maximum absolute atomic E-state index is 12.5. The molecule has 0 spiro atoms.